The predicted octanol–water partition coefficient (Wildman–Crippen LogP) is 6.73. The van der Waals surface area contributed by atoms with E-state index in [0.717, 1.165) is 83.2 Å². The molecule has 0 saturated heterocycles. The molecule has 0 saturated carbocycles. The summed E-state index contributed by atoms with van der Waals surface area (Å²) in [6.45, 7) is 6.53. The summed E-state index contributed by atoms with van der Waals surface area (Å²) in [5.41, 5.74) is 6.88. The molecule has 0 spiro atoms. The van der Waals surface area contributed by atoms with Crippen molar-refractivity contribution in [3.63, 3.8) is 0 Å². The molecule has 6 nitrogen and oxygen atoms in total. The van der Waals surface area contributed by atoms with Crippen LogP contribution in [0.5, 0.6) is 17.4 Å². The number of thioether (sulfide) groups is 1. The van der Waals surface area contributed by atoms with Crippen molar-refractivity contribution in [1.82, 2.24) is 4.98 Å². The number of aliphatic carboxylic acids is 1. The van der Waals surface area contributed by atoms with Crippen molar-refractivity contribution in [2.24, 2.45) is 0 Å². The summed E-state index contributed by atoms with van der Waals surface area (Å²) in [5, 5.41) is 7.42. The molecule has 2 aliphatic rings. The van der Waals surface area contributed by atoms with Crippen LogP contribution in [0.4, 0.5) is 4.39 Å². The summed E-state index contributed by atoms with van der Waals surface area (Å²) in [7, 11) is 0. The molecule has 0 amide bonds. The zero-order chi connectivity index (χ0) is 27.2. The molecule has 3 aromatic rings. The van der Waals surface area contributed by atoms with E-state index in [1.165, 1.54) is 0 Å². The van der Waals surface area contributed by atoms with E-state index in [0.29, 0.717) is 24.7 Å². The highest BCUT2D eigenvalue weighted by molar-refractivity contribution is 7.98. The second kappa shape index (κ2) is 12.5. The number of fused-ring (bicyclic) bond motifs is 2. The summed E-state index contributed by atoms with van der Waals surface area (Å²) in [6, 6.07) is 9.36. The Labute approximate surface area is 227 Å². The molecular formula is C30H34FNO5S. The van der Waals surface area contributed by atoms with Gasteiger partial charge in [0.15, 0.2) is 0 Å². The Morgan fingerprint density at radius 3 is 2.63 bits per heavy atom. The van der Waals surface area contributed by atoms with E-state index >= 15 is 4.39 Å². The Bertz CT molecular complexity index is 1290. The molecule has 2 aromatic carbocycles. The molecule has 1 unspecified atom stereocenters. The molecule has 38 heavy (non-hydrogen) atoms. The SMILES string of the molecule is CC(=O)O.CSCCCOc1cc(C)c(-c2c(F)ccc3c2CCC3Oc2cc3c(cn2)CCO3)c(C)c1. The normalized spacial score (nSPS) is 15.1. The summed E-state index contributed by atoms with van der Waals surface area (Å²) in [6.07, 6.45) is 7.23. The predicted molar refractivity (Wildman–Crippen MR) is 148 cm³/mol. The van der Waals surface area contributed by atoms with Crippen molar-refractivity contribution in [3.05, 3.63) is 70.2 Å². The van der Waals surface area contributed by atoms with Crippen LogP contribution in [-0.2, 0) is 17.6 Å². The Morgan fingerprint density at radius 1 is 1.18 bits per heavy atom. The monoisotopic (exact) mass is 539 g/mol. The van der Waals surface area contributed by atoms with E-state index in [4.69, 9.17) is 24.1 Å². The second-order valence-electron chi connectivity index (χ2n) is 9.51. The van der Waals surface area contributed by atoms with Crippen LogP contribution in [0, 0.1) is 19.7 Å². The zero-order valence-corrected chi connectivity index (χ0v) is 23.1. The highest BCUT2D eigenvalue weighted by Gasteiger charge is 2.30. The number of aromatic nitrogens is 1. The molecule has 2 heterocycles. The van der Waals surface area contributed by atoms with E-state index in [1.807, 2.05) is 56.1 Å². The number of carbonyl (C=O) groups is 1. The average Bonchev–Trinajstić information content (AvgIpc) is 3.49. The fraction of sp³-hybridized carbons (Fsp3) is 0.400. The van der Waals surface area contributed by atoms with Gasteiger partial charge in [-0.3, -0.25) is 4.79 Å². The Morgan fingerprint density at radius 2 is 1.92 bits per heavy atom. The lowest BCUT2D eigenvalue weighted by Gasteiger charge is -2.19. The van der Waals surface area contributed by atoms with Crippen LogP contribution in [0.1, 0.15) is 53.7 Å². The van der Waals surface area contributed by atoms with E-state index in [-0.39, 0.29) is 11.9 Å². The minimum atomic E-state index is -0.833. The lowest BCUT2D eigenvalue weighted by atomic mass is 9.90. The lowest BCUT2D eigenvalue weighted by molar-refractivity contribution is -0.134. The minimum absolute atomic E-state index is 0.152. The summed E-state index contributed by atoms with van der Waals surface area (Å²) in [4.78, 5) is 13.5. The molecule has 5 rings (SSSR count). The Hall–Kier alpha value is -3.26. The van der Waals surface area contributed by atoms with Gasteiger partial charge in [-0.1, -0.05) is 6.07 Å². The number of rotatable bonds is 8. The minimum Gasteiger partial charge on any atom is -0.494 e. The van der Waals surface area contributed by atoms with Crippen LogP contribution in [0.2, 0.25) is 0 Å². The van der Waals surface area contributed by atoms with Crippen LogP contribution in [-0.4, -0.2) is 41.3 Å². The zero-order valence-electron chi connectivity index (χ0n) is 22.3. The molecule has 1 N–H and O–H groups in total. The molecule has 202 valence electrons. The third-order valence-electron chi connectivity index (χ3n) is 6.63. The fourth-order valence-electron chi connectivity index (χ4n) is 5.08. The largest absolute Gasteiger partial charge is 0.494 e. The first-order chi connectivity index (χ1) is 18.3. The number of carboxylic acids is 1. The van der Waals surface area contributed by atoms with Crippen LogP contribution in [0.3, 0.4) is 0 Å². The summed E-state index contributed by atoms with van der Waals surface area (Å²) in [5.74, 6) is 2.31. The van der Waals surface area contributed by atoms with Crippen molar-refractivity contribution in [2.45, 2.75) is 52.6 Å². The fourth-order valence-corrected chi connectivity index (χ4v) is 5.48. The van der Waals surface area contributed by atoms with E-state index < -0.39 is 5.97 Å². The Kier molecular flexibility index (Phi) is 9.15. The van der Waals surface area contributed by atoms with Gasteiger partial charge in [-0.25, -0.2) is 9.37 Å². The summed E-state index contributed by atoms with van der Waals surface area (Å²) < 4.78 is 33.2. The lowest BCUT2D eigenvalue weighted by Crippen LogP contribution is -2.06. The molecule has 0 radical (unpaired) electrons. The van der Waals surface area contributed by atoms with Crippen molar-refractivity contribution in [3.8, 4) is 28.5 Å². The number of carboxylic acid groups (broad SMARTS) is 1. The Balaban J connectivity index is 0.000000786. The maximum Gasteiger partial charge on any atom is 0.300 e. The van der Waals surface area contributed by atoms with Crippen molar-refractivity contribution < 1.29 is 28.5 Å². The number of aryl methyl sites for hydroxylation is 2. The topological polar surface area (TPSA) is 77.9 Å². The molecule has 1 aliphatic carbocycles. The maximum absolute atomic E-state index is 15.3. The van der Waals surface area contributed by atoms with Crippen molar-refractivity contribution >= 4 is 17.7 Å². The number of benzene rings is 2. The molecule has 1 aliphatic heterocycles. The van der Waals surface area contributed by atoms with Gasteiger partial charge >= 0.3 is 0 Å². The average molecular weight is 540 g/mol. The molecule has 0 fully saturated rings. The van der Waals surface area contributed by atoms with E-state index in [1.54, 1.807) is 6.07 Å². The van der Waals surface area contributed by atoms with Crippen molar-refractivity contribution in [1.29, 1.82) is 0 Å². The van der Waals surface area contributed by atoms with Crippen LogP contribution < -0.4 is 14.2 Å². The molecule has 1 atom stereocenters. The number of hydrogen-bond donors (Lipinski definition) is 1. The molecule has 1 aromatic heterocycles. The third kappa shape index (κ3) is 6.41. The first-order valence-corrected chi connectivity index (χ1v) is 14.2. The van der Waals surface area contributed by atoms with Gasteiger partial charge in [-0.2, -0.15) is 11.8 Å². The number of halogens is 1. The van der Waals surface area contributed by atoms with Gasteiger partial charge in [0, 0.05) is 36.7 Å². The maximum atomic E-state index is 15.3. The third-order valence-corrected chi connectivity index (χ3v) is 7.33. The second-order valence-corrected chi connectivity index (χ2v) is 10.5. The number of pyridine rings is 1. The highest BCUT2D eigenvalue weighted by Crippen LogP contribution is 2.44. The smallest absolute Gasteiger partial charge is 0.300 e. The molecule has 8 heteroatoms. The standard InChI is InChI=1S/C28H30FNO3S.C2H4O2/c1-17-13-20(31-10-4-12-34-3)14-18(2)27(17)28-22-6-8-24(21(22)5-7-23(28)29)33-26-15-25-19(16-30-26)9-11-32-25;1-2(3)4/h5,7,13-16,24H,4,6,8-12H2,1-3H3;1H3,(H,3,4). The first-order valence-electron chi connectivity index (χ1n) is 12.8. The number of hydrogen-bond acceptors (Lipinski definition) is 6. The van der Waals surface area contributed by atoms with Gasteiger partial charge in [0.25, 0.3) is 5.97 Å². The van der Waals surface area contributed by atoms with E-state index in [2.05, 4.69) is 11.2 Å². The van der Waals surface area contributed by atoms with Gasteiger partial charge < -0.3 is 19.3 Å². The van der Waals surface area contributed by atoms with Crippen molar-refractivity contribution in [2.75, 3.05) is 25.2 Å². The van der Waals surface area contributed by atoms with Gasteiger partial charge in [-0.05, 0) is 91.1 Å². The first kappa shape index (κ1) is 27.8. The molecular weight excluding hydrogens is 505 g/mol. The van der Waals surface area contributed by atoms with Gasteiger partial charge in [0.1, 0.15) is 23.4 Å². The highest BCUT2D eigenvalue weighted by atomic mass is 32.2. The van der Waals surface area contributed by atoms with Gasteiger partial charge in [0.2, 0.25) is 5.88 Å². The van der Waals surface area contributed by atoms with E-state index in [9.17, 15) is 0 Å². The van der Waals surface area contributed by atoms with Crippen LogP contribution in [0.15, 0.2) is 36.5 Å². The van der Waals surface area contributed by atoms with Gasteiger partial charge in [0.05, 0.1) is 13.2 Å². The van der Waals surface area contributed by atoms with Crippen LogP contribution in [0.25, 0.3) is 11.1 Å². The van der Waals surface area contributed by atoms with Gasteiger partial charge in [-0.15, -0.1) is 0 Å². The molecule has 0 bridgehead atoms. The number of ether oxygens (including phenoxy) is 3. The quantitative estimate of drug-likeness (QED) is 0.318. The summed E-state index contributed by atoms with van der Waals surface area (Å²) >= 11 is 1.82. The number of nitrogens with zero attached hydrogens (tertiary/aromatic N) is 1. The van der Waals surface area contributed by atoms with Crippen LogP contribution >= 0.6 is 11.8 Å².